The van der Waals surface area contributed by atoms with Crippen LogP contribution in [0.25, 0.3) is 0 Å². The van der Waals surface area contributed by atoms with E-state index in [1.54, 1.807) is 13.0 Å². The number of nitrogens with zero attached hydrogens (tertiary/aromatic N) is 1. The lowest BCUT2D eigenvalue weighted by Gasteiger charge is -2.09. The van der Waals surface area contributed by atoms with Crippen LogP contribution in [0.15, 0.2) is 52.1 Å². The number of hydrogen-bond acceptors (Lipinski definition) is 4. The van der Waals surface area contributed by atoms with Gasteiger partial charge in [-0.15, -0.1) is 0 Å². The number of sulfonamides is 1. The Morgan fingerprint density at radius 1 is 1.27 bits per heavy atom. The second-order valence-electron chi connectivity index (χ2n) is 4.69. The van der Waals surface area contributed by atoms with Crippen molar-refractivity contribution in [1.29, 1.82) is 0 Å². The highest BCUT2D eigenvalue weighted by Gasteiger charge is 2.17. The minimum atomic E-state index is -3.59. The molecule has 2 aromatic rings. The summed E-state index contributed by atoms with van der Waals surface area (Å²) in [5.41, 5.74) is 0.599. The van der Waals surface area contributed by atoms with Crippen LogP contribution in [0.3, 0.4) is 0 Å². The van der Waals surface area contributed by atoms with Crippen molar-refractivity contribution in [3.05, 3.63) is 52.6 Å². The molecular weight excluding hydrogens is 368 g/mol. The predicted molar refractivity (Wildman–Crippen MR) is 88.4 cm³/mol. The number of ether oxygens (including phenoxy) is 1. The van der Waals surface area contributed by atoms with Crippen LogP contribution >= 0.6 is 15.9 Å². The van der Waals surface area contributed by atoms with Crippen molar-refractivity contribution in [3.63, 3.8) is 0 Å². The number of aryl methyl sites for hydroxylation is 1. The van der Waals surface area contributed by atoms with Crippen molar-refractivity contribution >= 4 is 26.0 Å². The molecule has 0 fully saturated rings. The molecule has 22 heavy (non-hydrogen) atoms. The number of nitrogens with one attached hydrogen (secondary N) is 1. The maximum absolute atomic E-state index is 12.2. The summed E-state index contributed by atoms with van der Waals surface area (Å²) in [4.78, 5) is 3.97. The van der Waals surface area contributed by atoms with Crippen LogP contribution in [-0.4, -0.2) is 26.6 Å². The van der Waals surface area contributed by atoms with Crippen molar-refractivity contribution in [2.24, 2.45) is 0 Å². The lowest BCUT2D eigenvalue weighted by Crippen LogP contribution is -2.27. The largest absolute Gasteiger partial charge is 0.494 e. The van der Waals surface area contributed by atoms with Crippen molar-refractivity contribution in [2.45, 2.75) is 18.4 Å². The SMILES string of the molecule is Cc1cc(Br)cnc1S(=O)(=O)NCCCOc1ccccc1. The summed E-state index contributed by atoms with van der Waals surface area (Å²) in [6.07, 6.45) is 2.05. The number of benzene rings is 1. The summed E-state index contributed by atoms with van der Waals surface area (Å²) in [6.45, 7) is 2.45. The highest BCUT2D eigenvalue weighted by Crippen LogP contribution is 2.16. The third-order valence-electron chi connectivity index (χ3n) is 2.88. The molecule has 0 unspecified atom stereocenters. The van der Waals surface area contributed by atoms with Gasteiger partial charge in [-0.2, -0.15) is 0 Å². The molecule has 5 nitrogen and oxygen atoms in total. The normalized spacial score (nSPS) is 11.4. The van der Waals surface area contributed by atoms with Gasteiger partial charge in [-0.25, -0.2) is 18.1 Å². The van der Waals surface area contributed by atoms with Crippen molar-refractivity contribution < 1.29 is 13.2 Å². The Bertz CT molecular complexity index is 721. The molecule has 118 valence electrons. The summed E-state index contributed by atoms with van der Waals surface area (Å²) in [6, 6.07) is 11.1. The smallest absolute Gasteiger partial charge is 0.258 e. The number of halogens is 1. The first-order valence-corrected chi connectivity index (χ1v) is 9.06. The van der Waals surface area contributed by atoms with Gasteiger partial charge < -0.3 is 4.74 Å². The Labute approximate surface area is 138 Å². The number of hydrogen-bond donors (Lipinski definition) is 1. The van der Waals surface area contributed by atoms with Gasteiger partial charge in [0.05, 0.1) is 6.61 Å². The lowest BCUT2D eigenvalue weighted by atomic mass is 10.3. The summed E-state index contributed by atoms with van der Waals surface area (Å²) < 4.78 is 33.1. The summed E-state index contributed by atoms with van der Waals surface area (Å²) in [7, 11) is -3.59. The average molecular weight is 385 g/mol. The Kier molecular flexibility index (Phi) is 5.93. The molecular formula is C15H17BrN2O3S. The third-order valence-corrected chi connectivity index (χ3v) is 4.83. The van der Waals surface area contributed by atoms with Gasteiger partial charge in [0.2, 0.25) is 0 Å². The summed E-state index contributed by atoms with van der Waals surface area (Å²) in [5.74, 6) is 0.774. The molecule has 0 atom stereocenters. The van der Waals surface area contributed by atoms with Crippen LogP contribution in [0.2, 0.25) is 0 Å². The fraction of sp³-hybridized carbons (Fsp3) is 0.267. The van der Waals surface area contributed by atoms with E-state index in [0.29, 0.717) is 25.1 Å². The maximum atomic E-state index is 12.2. The molecule has 0 radical (unpaired) electrons. The van der Waals surface area contributed by atoms with Gasteiger partial charge in [0.15, 0.2) is 5.03 Å². The number of rotatable bonds is 7. The first-order valence-electron chi connectivity index (χ1n) is 6.79. The first kappa shape index (κ1) is 16.9. The van der Waals surface area contributed by atoms with E-state index in [9.17, 15) is 8.42 Å². The zero-order chi connectivity index (χ0) is 16.0. The molecule has 0 amide bonds. The van der Waals surface area contributed by atoms with E-state index >= 15 is 0 Å². The maximum Gasteiger partial charge on any atom is 0.258 e. The van der Waals surface area contributed by atoms with E-state index in [2.05, 4.69) is 25.6 Å². The molecule has 0 aliphatic rings. The molecule has 0 bridgehead atoms. The fourth-order valence-electron chi connectivity index (χ4n) is 1.86. The summed E-state index contributed by atoms with van der Waals surface area (Å²) >= 11 is 3.26. The first-order chi connectivity index (χ1) is 10.5. The molecule has 0 saturated heterocycles. The second-order valence-corrected chi connectivity index (χ2v) is 7.29. The molecule has 0 aliphatic carbocycles. The van der Waals surface area contributed by atoms with E-state index in [1.165, 1.54) is 6.20 Å². The van der Waals surface area contributed by atoms with Crippen molar-refractivity contribution in [2.75, 3.05) is 13.2 Å². The molecule has 1 N–H and O–H groups in total. The van der Waals surface area contributed by atoms with Crippen LogP contribution in [0.4, 0.5) is 0 Å². The molecule has 1 aromatic carbocycles. The minimum Gasteiger partial charge on any atom is -0.494 e. The second kappa shape index (κ2) is 7.71. The monoisotopic (exact) mass is 384 g/mol. The standard InChI is InChI=1S/C15H17BrN2O3S/c1-12-10-13(16)11-17-15(12)22(19,20)18-8-5-9-21-14-6-3-2-4-7-14/h2-4,6-7,10-11,18H,5,8-9H2,1H3. The van der Waals surface area contributed by atoms with E-state index < -0.39 is 10.0 Å². The van der Waals surface area contributed by atoms with Crippen LogP contribution in [0, 0.1) is 6.92 Å². The van der Waals surface area contributed by atoms with Gasteiger partial charge in [0.1, 0.15) is 5.75 Å². The van der Waals surface area contributed by atoms with Crippen LogP contribution in [0.5, 0.6) is 5.75 Å². The Hall–Kier alpha value is -1.44. The van der Waals surface area contributed by atoms with E-state index in [-0.39, 0.29) is 5.03 Å². The van der Waals surface area contributed by atoms with Crippen LogP contribution < -0.4 is 9.46 Å². The molecule has 1 aromatic heterocycles. The predicted octanol–water partition coefficient (Wildman–Crippen LogP) is 2.90. The zero-order valence-electron chi connectivity index (χ0n) is 12.1. The van der Waals surface area contributed by atoms with Gasteiger partial charge >= 0.3 is 0 Å². The molecule has 1 heterocycles. The number of para-hydroxylation sites is 1. The summed E-state index contributed by atoms with van der Waals surface area (Å²) in [5, 5.41) is 0.0553. The zero-order valence-corrected chi connectivity index (χ0v) is 14.5. The lowest BCUT2D eigenvalue weighted by molar-refractivity contribution is 0.311. The van der Waals surface area contributed by atoms with Gasteiger partial charge in [0, 0.05) is 17.2 Å². The third kappa shape index (κ3) is 4.79. The van der Waals surface area contributed by atoms with E-state index in [1.807, 2.05) is 30.3 Å². The van der Waals surface area contributed by atoms with Crippen molar-refractivity contribution in [1.82, 2.24) is 9.71 Å². The average Bonchev–Trinajstić information content (AvgIpc) is 2.47. The van der Waals surface area contributed by atoms with Gasteiger partial charge in [-0.05, 0) is 53.0 Å². The number of aromatic nitrogens is 1. The fourth-order valence-corrected chi connectivity index (χ4v) is 3.53. The van der Waals surface area contributed by atoms with Crippen LogP contribution in [-0.2, 0) is 10.0 Å². The number of pyridine rings is 1. The minimum absolute atomic E-state index is 0.0553. The van der Waals surface area contributed by atoms with Gasteiger partial charge in [0.25, 0.3) is 10.0 Å². The van der Waals surface area contributed by atoms with Gasteiger partial charge in [-0.3, -0.25) is 0 Å². The van der Waals surface area contributed by atoms with E-state index in [0.717, 1.165) is 10.2 Å². The van der Waals surface area contributed by atoms with Gasteiger partial charge in [-0.1, -0.05) is 18.2 Å². The van der Waals surface area contributed by atoms with Crippen molar-refractivity contribution in [3.8, 4) is 5.75 Å². The molecule has 0 saturated carbocycles. The Balaban J connectivity index is 1.83. The molecule has 2 rings (SSSR count). The Morgan fingerprint density at radius 3 is 2.68 bits per heavy atom. The molecule has 0 spiro atoms. The highest BCUT2D eigenvalue weighted by molar-refractivity contribution is 9.10. The molecule has 7 heteroatoms. The van der Waals surface area contributed by atoms with E-state index in [4.69, 9.17) is 4.74 Å². The topological polar surface area (TPSA) is 68.3 Å². The quantitative estimate of drug-likeness (QED) is 0.745. The molecule has 0 aliphatic heterocycles. The Morgan fingerprint density at radius 2 is 2.00 bits per heavy atom. The van der Waals surface area contributed by atoms with Crippen LogP contribution in [0.1, 0.15) is 12.0 Å². The highest BCUT2D eigenvalue weighted by atomic mass is 79.9.